The fourth-order valence-corrected chi connectivity index (χ4v) is 2.86. The Morgan fingerprint density at radius 1 is 1.32 bits per heavy atom. The number of hydrogen-bond acceptors (Lipinski definition) is 4. The lowest BCUT2D eigenvalue weighted by Crippen LogP contribution is -2.38. The van der Waals surface area contributed by atoms with Crippen LogP contribution in [0.1, 0.15) is 25.8 Å². The van der Waals surface area contributed by atoms with Crippen molar-refractivity contribution in [1.29, 1.82) is 5.26 Å². The zero-order valence-corrected chi connectivity index (χ0v) is 13.9. The van der Waals surface area contributed by atoms with Gasteiger partial charge in [-0.25, -0.2) is 8.42 Å². The molecule has 0 spiro atoms. The van der Waals surface area contributed by atoms with Crippen LogP contribution in [-0.2, 0) is 14.8 Å². The molecule has 0 aliphatic carbocycles. The number of nitrogens with zero attached hydrogens (tertiary/aromatic N) is 2. The van der Waals surface area contributed by atoms with Crippen LogP contribution in [0.15, 0.2) is 24.3 Å². The van der Waals surface area contributed by atoms with Crippen molar-refractivity contribution in [2.45, 2.75) is 20.3 Å². The van der Waals surface area contributed by atoms with Crippen LogP contribution in [0.2, 0.25) is 0 Å². The van der Waals surface area contributed by atoms with E-state index in [0.717, 1.165) is 6.26 Å². The number of amides is 1. The van der Waals surface area contributed by atoms with Gasteiger partial charge in [0.15, 0.2) is 0 Å². The SMILES string of the molecule is CC(C)CC(=O)NCCN(c1ccc(C#N)cc1)S(C)(=O)=O. The number of benzene rings is 1. The molecule has 7 heteroatoms. The van der Waals surface area contributed by atoms with Gasteiger partial charge in [0.2, 0.25) is 15.9 Å². The second-order valence-electron chi connectivity index (χ2n) is 5.44. The van der Waals surface area contributed by atoms with Gasteiger partial charge in [0.1, 0.15) is 0 Å². The van der Waals surface area contributed by atoms with Gasteiger partial charge in [-0.2, -0.15) is 5.26 Å². The highest BCUT2D eigenvalue weighted by atomic mass is 32.2. The number of nitrogens with one attached hydrogen (secondary N) is 1. The first-order valence-electron chi connectivity index (χ1n) is 6.98. The lowest BCUT2D eigenvalue weighted by atomic mass is 10.1. The summed E-state index contributed by atoms with van der Waals surface area (Å²) in [6, 6.07) is 8.26. The van der Waals surface area contributed by atoms with E-state index in [9.17, 15) is 13.2 Å². The highest BCUT2D eigenvalue weighted by Crippen LogP contribution is 2.17. The molecule has 0 radical (unpaired) electrons. The van der Waals surface area contributed by atoms with Gasteiger partial charge in [0.25, 0.3) is 0 Å². The van der Waals surface area contributed by atoms with Crippen LogP contribution in [0.25, 0.3) is 0 Å². The number of carbonyl (C=O) groups excluding carboxylic acids is 1. The monoisotopic (exact) mass is 323 g/mol. The summed E-state index contributed by atoms with van der Waals surface area (Å²) < 4.78 is 25.0. The Hall–Kier alpha value is -2.07. The summed E-state index contributed by atoms with van der Waals surface area (Å²) in [7, 11) is -3.46. The molecule has 0 bridgehead atoms. The Morgan fingerprint density at radius 3 is 2.36 bits per heavy atom. The average Bonchev–Trinajstić information content (AvgIpc) is 2.42. The maximum Gasteiger partial charge on any atom is 0.232 e. The first-order chi connectivity index (χ1) is 10.2. The molecule has 0 atom stereocenters. The molecule has 1 aromatic carbocycles. The van der Waals surface area contributed by atoms with Crippen LogP contribution < -0.4 is 9.62 Å². The Bertz CT molecular complexity index is 646. The fourth-order valence-electron chi connectivity index (χ4n) is 1.93. The third-order valence-electron chi connectivity index (χ3n) is 2.92. The van der Waals surface area contributed by atoms with E-state index in [2.05, 4.69) is 5.32 Å². The van der Waals surface area contributed by atoms with E-state index in [1.54, 1.807) is 24.3 Å². The van der Waals surface area contributed by atoms with E-state index < -0.39 is 10.0 Å². The van der Waals surface area contributed by atoms with Crippen molar-refractivity contribution in [3.63, 3.8) is 0 Å². The Labute approximate surface area is 131 Å². The quantitative estimate of drug-likeness (QED) is 0.823. The minimum absolute atomic E-state index is 0.0942. The standard InChI is InChI=1S/C15H21N3O3S/c1-12(2)10-15(19)17-8-9-18(22(3,20)21)14-6-4-13(11-16)5-7-14/h4-7,12H,8-10H2,1-3H3,(H,17,19). The van der Waals surface area contributed by atoms with Crippen LogP contribution in [0.4, 0.5) is 5.69 Å². The normalized spacial score (nSPS) is 11.0. The van der Waals surface area contributed by atoms with E-state index >= 15 is 0 Å². The zero-order valence-electron chi connectivity index (χ0n) is 13.0. The molecule has 0 unspecified atom stereocenters. The minimum atomic E-state index is -3.46. The van der Waals surface area contributed by atoms with Crippen molar-refractivity contribution in [1.82, 2.24) is 5.32 Å². The highest BCUT2D eigenvalue weighted by molar-refractivity contribution is 7.92. The molecule has 0 aliphatic heterocycles. The van der Waals surface area contributed by atoms with E-state index in [0.29, 0.717) is 17.7 Å². The molecule has 0 aliphatic rings. The van der Waals surface area contributed by atoms with Crippen molar-refractivity contribution in [3.05, 3.63) is 29.8 Å². The molecule has 0 aromatic heterocycles. The maximum atomic E-state index is 11.9. The second-order valence-corrected chi connectivity index (χ2v) is 7.35. The second kappa shape index (κ2) is 7.80. The molecule has 1 aromatic rings. The summed E-state index contributed by atoms with van der Waals surface area (Å²) >= 11 is 0. The summed E-state index contributed by atoms with van der Waals surface area (Å²) in [6.45, 7) is 4.27. The summed E-state index contributed by atoms with van der Waals surface area (Å²) in [4.78, 5) is 11.6. The molecule has 120 valence electrons. The Kier molecular flexibility index (Phi) is 6.38. The van der Waals surface area contributed by atoms with Gasteiger partial charge in [-0.05, 0) is 30.2 Å². The maximum absolute atomic E-state index is 11.9. The molecule has 22 heavy (non-hydrogen) atoms. The largest absolute Gasteiger partial charge is 0.354 e. The fraction of sp³-hybridized carbons (Fsp3) is 0.467. The van der Waals surface area contributed by atoms with Crippen LogP contribution >= 0.6 is 0 Å². The van der Waals surface area contributed by atoms with Crippen LogP contribution in [0.3, 0.4) is 0 Å². The molecule has 0 heterocycles. The Morgan fingerprint density at radius 2 is 1.91 bits per heavy atom. The summed E-state index contributed by atoms with van der Waals surface area (Å²) in [5, 5.41) is 11.5. The van der Waals surface area contributed by atoms with Crippen LogP contribution in [-0.4, -0.2) is 33.7 Å². The topological polar surface area (TPSA) is 90.3 Å². The number of anilines is 1. The van der Waals surface area contributed by atoms with Crippen molar-refractivity contribution >= 4 is 21.6 Å². The van der Waals surface area contributed by atoms with Crippen molar-refractivity contribution in [2.75, 3.05) is 23.7 Å². The van der Waals surface area contributed by atoms with E-state index in [1.807, 2.05) is 19.9 Å². The molecular weight excluding hydrogens is 302 g/mol. The predicted molar refractivity (Wildman–Crippen MR) is 85.8 cm³/mol. The number of sulfonamides is 1. The number of hydrogen-bond donors (Lipinski definition) is 1. The van der Waals surface area contributed by atoms with Crippen molar-refractivity contribution in [3.8, 4) is 6.07 Å². The third-order valence-corrected chi connectivity index (χ3v) is 4.11. The molecule has 0 saturated heterocycles. The summed E-state index contributed by atoms with van der Waals surface area (Å²) in [5.41, 5.74) is 0.932. The number of nitriles is 1. The smallest absolute Gasteiger partial charge is 0.232 e. The molecule has 1 N–H and O–H groups in total. The molecule has 0 saturated carbocycles. The van der Waals surface area contributed by atoms with Gasteiger partial charge in [-0.1, -0.05) is 13.8 Å². The lowest BCUT2D eigenvalue weighted by molar-refractivity contribution is -0.121. The highest BCUT2D eigenvalue weighted by Gasteiger charge is 2.17. The molecule has 1 amide bonds. The zero-order chi connectivity index (χ0) is 16.8. The first kappa shape index (κ1) is 18.0. The molecule has 6 nitrogen and oxygen atoms in total. The number of carbonyl (C=O) groups is 1. The Balaban J connectivity index is 2.74. The summed E-state index contributed by atoms with van der Waals surface area (Å²) in [5.74, 6) is 0.160. The van der Waals surface area contributed by atoms with Gasteiger partial charge >= 0.3 is 0 Å². The van der Waals surface area contributed by atoms with Gasteiger partial charge in [0.05, 0.1) is 30.1 Å². The van der Waals surface area contributed by atoms with Gasteiger partial charge in [0, 0.05) is 13.0 Å². The minimum Gasteiger partial charge on any atom is -0.354 e. The van der Waals surface area contributed by atoms with Crippen molar-refractivity contribution in [2.24, 2.45) is 5.92 Å². The van der Waals surface area contributed by atoms with Gasteiger partial charge < -0.3 is 5.32 Å². The molecule has 1 rings (SSSR count). The predicted octanol–water partition coefficient (Wildman–Crippen LogP) is 1.49. The summed E-state index contributed by atoms with van der Waals surface area (Å²) in [6.07, 6.45) is 1.52. The van der Waals surface area contributed by atoms with E-state index in [4.69, 9.17) is 5.26 Å². The van der Waals surface area contributed by atoms with E-state index in [-0.39, 0.29) is 24.9 Å². The molecular formula is C15H21N3O3S. The number of rotatable bonds is 7. The average molecular weight is 323 g/mol. The van der Waals surface area contributed by atoms with Crippen LogP contribution in [0, 0.1) is 17.2 Å². The molecule has 0 fully saturated rings. The lowest BCUT2D eigenvalue weighted by Gasteiger charge is -2.22. The van der Waals surface area contributed by atoms with Gasteiger partial charge in [-0.3, -0.25) is 9.10 Å². The van der Waals surface area contributed by atoms with Crippen LogP contribution in [0.5, 0.6) is 0 Å². The van der Waals surface area contributed by atoms with Gasteiger partial charge in [-0.15, -0.1) is 0 Å². The first-order valence-corrected chi connectivity index (χ1v) is 8.83. The van der Waals surface area contributed by atoms with Crippen molar-refractivity contribution < 1.29 is 13.2 Å². The third kappa shape index (κ3) is 5.74. The van der Waals surface area contributed by atoms with E-state index in [1.165, 1.54) is 4.31 Å².